The maximum Gasteiger partial charge on any atom is 0.250 e. The van der Waals surface area contributed by atoms with Crippen molar-refractivity contribution >= 4 is 27.3 Å². The van der Waals surface area contributed by atoms with Gasteiger partial charge in [-0.1, -0.05) is 39.2 Å². The monoisotopic (exact) mass is 443 g/mol. The summed E-state index contributed by atoms with van der Waals surface area (Å²) in [5.41, 5.74) is 0. The molecule has 0 bridgehead atoms. The quantitative estimate of drug-likeness (QED) is 0.512. The molecule has 1 aliphatic carbocycles. The first kappa shape index (κ1) is 24.3. The SMILES string of the molecule is CC(C)[C@H](NS(=O)(=O)c1cccs1)C(=O)NCCCN(C(C)C)C1CCCCC1. The number of rotatable bonds is 11. The highest BCUT2D eigenvalue weighted by Crippen LogP contribution is 2.24. The van der Waals surface area contributed by atoms with E-state index in [0.29, 0.717) is 18.6 Å². The topological polar surface area (TPSA) is 78.5 Å². The van der Waals surface area contributed by atoms with Crippen LogP contribution in [0.3, 0.4) is 0 Å². The van der Waals surface area contributed by atoms with Crippen molar-refractivity contribution < 1.29 is 13.2 Å². The van der Waals surface area contributed by atoms with Crippen LogP contribution in [0.4, 0.5) is 0 Å². The van der Waals surface area contributed by atoms with E-state index in [0.717, 1.165) is 24.3 Å². The molecule has 1 saturated carbocycles. The molecule has 1 aromatic rings. The first-order chi connectivity index (χ1) is 13.7. The average Bonchev–Trinajstić information content (AvgIpc) is 3.22. The van der Waals surface area contributed by atoms with Gasteiger partial charge in [-0.3, -0.25) is 9.69 Å². The maximum absolute atomic E-state index is 12.7. The second-order valence-electron chi connectivity index (χ2n) is 8.54. The van der Waals surface area contributed by atoms with E-state index < -0.39 is 16.1 Å². The molecule has 166 valence electrons. The first-order valence-electron chi connectivity index (χ1n) is 10.8. The Morgan fingerprint density at radius 1 is 1.21 bits per heavy atom. The summed E-state index contributed by atoms with van der Waals surface area (Å²) < 4.78 is 27.8. The lowest BCUT2D eigenvalue weighted by Gasteiger charge is -2.37. The molecule has 6 nitrogen and oxygen atoms in total. The van der Waals surface area contributed by atoms with Crippen molar-refractivity contribution in [2.75, 3.05) is 13.1 Å². The van der Waals surface area contributed by atoms with Gasteiger partial charge in [-0.15, -0.1) is 11.3 Å². The predicted octanol–water partition coefficient (Wildman–Crippen LogP) is 3.60. The van der Waals surface area contributed by atoms with Crippen LogP contribution in [0.15, 0.2) is 21.7 Å². The molecule has 0 unspecified atom stereocenters. The van der Waals surface area contributed by atoms with Crippen molar-refractivity contribution in [2.45, 2.75) is 88.6 Å². The summed E-state index contributed by atoms with van der Waals surface area (Å²) >= 11 is 1.15. The van der Waals surface area contributed by atoms with E-state index in [-0.39, 0.29) is 16.0 Å². The number of sulfonamides is 1. The zero-order valence-corrected chi connectivity index (χ0v) is 19.8. The number of nitrogens with zero attached hydrogens (tertiary/aromatic N) is 1. The first-order valence-corrected chi connectivity index (χ1v) is 13.2. The summed E-state index contributed by atoms with van der Waals surface area (Å²) in [6.07, 6.45) is 7.37. The van der Waals surface area contributed by atoms with Gasteiger partial charge in [0.05, 0.1) is 0 Å². The Labute approximate surface area is 180 Å². The third-order valence-electron chi connectivity index (χ3n) is 5.59. The van der Waals surface area contributed by atoms with Crippen LogP contribution in [0.5, 0.6) is 0 Å². The van der Waals surface area contributed by atoms with Crippen LogP contribution >= 0.6 is 11.3 Å². The van der Waals surface area contributed by atoms with E-state index in [2.05, 4.69) is 28.8 Å². The molecule has 29 heavy (non-hydrogen) atoms. The van der Waals surface area contributed by atoms with E-state index in [4.69, 9.17) is 0 Å². The smallest absolute Gasteiger partial charge is 0.250 e. The highest BCUT2D eigenvalue weighted by Gasteiger charge is 2.29. The van der Waals surface area contributed by atoms with Crippen molar-refractivity contribution in [3.05, 3.63) is 17.5 Å². The minimum absolute atomic E-state index is 0.140. The highest BCUT2D eigenvalue weighted by molar-refractivity contribution is 7.91. The fourth-order valence-corrected chi connectivity index (χ4v) is 6.35. The van der Waals surface area contributed by atoms with Crippen LogP contribution in [0.25, 0.3) is 0 Å². The van der Waals surface area contributed by atoms with Gasteiger partial charge >= 0.3 is 0 Å². The lowest BCUT2D eigenvalue weighted by atomic mass is 9.93. The number of thiophene rings is 1. The van der Waals surface area contributed by atoms with Gasteiger partial charge in [0, 0.05) is 25.2 Å². The molecule has 1 heterocycles. The molecule has 1 amide bonds. The Hall–Kier alpha value is -0.960. The molecule has 0 aliphatic heterocycles. The second kappa shape index (κ2) is 11.4. The van der Waals surface area contributed by atoms with Crippen molar-refractivity contribution in [2.24, 2.45) is 5.92 Å². The normalized spacial score (nSPS) is 17.2. The minimum atomic E-state index is -3.68. The van der Waals surface area contributed by atoms with E-state index in [1.54, 1.807) is 17.5 Å². The lowest BCUT2D eigenvalue weighted by molar-refractivity contribution is -0.123. The Bertz CT molecular complexity index is 712. The Morgan fingerprint density at radius 3 is 2.45 bits per heavy atom. The van der Waals surface area contributed by atoms with Crippen molar-refractivity contribution in [1.29, 1.82) is 0 Å². The number of hydrogen-bond acceptors (Lipinski definition) is 5. The zero-order chi connectivity index (χ0) is 21.4. The van der Waals surface area contributed by atoms with Gasteiger partial charge in [0.25, 0.3) is 10.0 Å². The summed E-state index contributed by atoms with van der Waals surface area (Å²) in [5, 5.41) is 4.65. The fraction of sp³-hybridized carbons (Fsp3) is 0.762. The molecule has 8 heteroatoms. The highest BCUT2D eigenvalue weighted by atomic mass is 32.2. The number of carbonyl (C=O) groups excluding carboxylic acids is 1. The van der Waals surface area contributed by atoms with E-state index in [9.17, 15) is 13.2 Å². The summed E-state index contributed by atoms with van der Waals surface area (Å²) in [6, 6.07) is 3.61. The second-order valence-corrected chi connectivity index (χ2v) is 11.4. The third-order valence-corrected chi connectivity index (χ3v) is 8.43. The predicted molar refractivity (Wildman–Crippen MR) is 120 cm³/mol. The van der Waals surface area contributed by atoms with Crippen LogP contribution in [-0.2, 0) is 14.8 Å². The van der Waals surface area contributed by atoms with Gasteiger partial charge in [-0.05, 0) is 50.5 Å². The minimum Gasteiger partial charge on any atom is -0.355 e. The molecular formula is C21H37N3O3S2. The Kier molecular flexibility index (Phi) is 9.59. The van der Waals surface area contributed by atoms with Gasteiger partial charge in [0.2, 0.25) is 5.91 Å². The lowest BCUT2D eigenvalue weighted by Crippen LogP contribution is -2.50. The summed E-state index contributed by atoms with van der Waals surface area (Å²) in [6.45, 7) is 9.69. The average molecular weight is 444 g/mol. The molecule has 2 rings (SSSR count). The number of amides is 1. The summed E-state index contributed by atoms with van der Waals surface area (Å²) in [7, 11) is -3.68. The Balaban J connectivity index is 1.85. The molecule has 0 radical (unpaired) electrons. The van der Waals surface area contributed by atoms with E-state index in [1.807, 2.05) is 13.8 Å². The van der Waals surface area contributed by atoms with Gasteiger partial charge in [-0.2, -0.15) is 4.72 Å². The Morgan fingerprint density at radius 2 is 1.90 bits per heavy atom. The molecule has 0 spiro atoms. The van der Waals surface area contributed by atoms with Gasteiger partial charge in [-0.25, -0.2) is 8.42 Å². The molecule has 0 saturated heterocycles. The molecule has 2 N–H and O–H groups in total. The van der Waals surface area contributed by atoms with Crippen molar-refractivity contribution in [3.63, 3.8) is 0 Å². The van der Waals surface area contributed by atoms with Crippen molar-refractivity contribution in [3.8, 4) is 0 Å². The molecule has 1 aliphatic rings. The van der Waals surface area contributed by atoms with Crippen LogP contribution in [0.1, 0.15) is 66.2 Å². The van der Waals surface area contributed by atoms with Gasteiger partial charge in [0.15, 0.2) is 0 Å². The van der Waals surface area contributed by atoms with Crippen LogP contribution < -0.4 is 10.0 Å². The van der Waals surface area contributed by atoms with Crippen LogP contribution in [0, 0.1) is 5.92 Å². The van der Waals surface area contributed by atoms with Gasteiger partial charge < -0.3 is 5.32 Å². The summed E-state index contributed by atoms with van der Waals surface area (Å²) in [5.74, 6) is -0.395. The van der Waals surface area contributed by atoms with E-state index >= 15 is 0 Å². The maximum atomic E-state index is 12.7. The van der Waals surface area contributed by atoms with Crippen molar-refractivity contribution in [1.82, 2.24) is 14.9 Å². The number of nitrogens with one attached hydrogen (secondary N) is 2. The standard InChI is InChI=1S/C21H37N3O3S2/c1-16(2)20(23-29(26,27)19-12-8-15-28-19)21(25)22-13-9-14-24(17(3)4)18-10-6-5-7-11-18/h8,12,15-18,20,23H,5-7,9-11,13-14H2,1-4H3,(H,22,25)/t20-/m0/s1. The van der Waals surface area contributed by atoms with Crippen LogP contribution in [-0.4, -0.2) is 50.4 Å². The fourth-order valence-electron chi connectivity index (χ4n) is 3.99. The largest absolute Gasteiger partial charge is 0.355 e. The van der Waals surface area contributed by atoms with Crippen LogP contribution in [0.2, 0.25) is 0 Å². The molecule has 0 aromatic carbocycles. The molecule has 1 aromatic heterocycles. The molecule has 1 fully saturated rings. The molecular weight excluding hydrogens is 406 g/mol. The van der Waals surface area contributed by atoms with Gasteiger partial charge in [0.1, 0.15) is 10.3 Å². The zero-order valence-electron chi connectivity index (χ0n) is 18.2. The third kappa shape index (κ3) is 7.35. The number of hydrogen-bond donors (Lipinski definition) is 2. The molecule has 1 atom stereocenters. The summed E-state index contributed by atoms with van der Waals surface area (Å²) in [4.78, 5) is 15.2. The van der Waals surface area contributed by atoms with E-state index in [1.165, 1.54) is 32.1 Å². The number of carbonyl (C=O) groups is 1.